The van der Waals surface area contributed by atoms with Crippen LogP contribution >= 0.6 is 11.8 Å². The summed E-state index contributed by atoms with van der Waals surface area (Å²) in [5, 5.41) is 1.15. The van der Waals surface area contributed by atoms with Crippen molar-refractivity contribution in [2.75, 3.05) is 19.0 Å². The van der Waals surface area contributed by atoms with E-state index in [4.69, 9.17) is 9.72 Å². The van der Waals surface area contributed by atoms with E-state index in [-0.39, 0.29) is 0 Å². The van der Waals surface area contributed by atoms with E-state index in [0.717, 1.165) is 36.2 Å². The minimum absolute atomic E-state index is 0.684. The number of thioether (sulfide) groups is 1. The fraction of sp³-hybridized carbons (Fsp3) is 0.533. The van der Waals surface area contributed by atoms with Gasteiger partial charge in [-0.25, -0.2) is 4.98 Å². The predicted molar refractivity (Wildman–Crippen MR) is 79.7 cm³/mol. The molecule has 19 heavy (non-hydrogen) atoms. The standard InChI is InChI=1S/C15H20N2OS/c1-2-17-14-8-4-3-7-13(14)16-15(17)19-11-12-6-5-9-18-10-12/h3-4,7-8,12H,2,5-6,9-11H2,1H3. The van der Waals surface area contributed by atoms with Gasteiger partial charge in [-0.2, -0.15) is 0 Å². The van der Waals surface area contributed by atoms with E-state index < -0.39 is 0 Å². The van der Waals surface area contributed by atoms with Crippen LogP contribution in [-0.2, 0) is 11.3 Å². The van der Waals surface area contributed by atoms with Crippen molar-refractivity contribution in [2.45, 2.75) is 31.5 Å². The Hall–Kier alpha value is -1.00. The van der Waals surface area contributed by atoms with Crippen molar-refractivity contribution in [3.8, 4) is 0 Å². The number of ether oxygens (including phenoxy) is 1. The Kier molecular flexibility index (Phi) is 4.09. The molecule has 0 saturated carbocycles. The van der Waals surface area contributed by atoms with E-state index in [1.165, 1.54) is 18.4 Å². The summed E-state index contributed by atoms with van der Waals surface area (Å²) < 4.78 is 7.85. The van der Waals surface area contributed by atoms with Crippen molar-refractivity contribution in [3.05, 3.63) is 24.3 Å². The number of aromatic nitrogens is 2. The number of aryl methyl sites for hydroxylation is 1. The van der Waals surface area contributed by atoms with Gasteiger partial charge in [0.05, 0.1) is 17.6 Å². The van der Waals surface area contributed by atoms with E-state index in [2.05, 4.69) is 35.8 Å². The van der Waals surface area contributed by atoms with Crippen molar-refractivity contribution < 1.29 is 4.74 Å². The molecule has 0 aliphatic carbocycles. The summed E-state index contributed by atoms with van der Waals surface area (Å²) in [6.07, 6.45) is 2.49. The Morgan fingerprint density at radius 2 is 2.32 bits per heavy atom. The van der Waals surface area contributed by atoms with Gasteiger partial charge in [-0.3, -0.25) is 0 Å². The molecule has 1 aliphatic heterocycles. The van der Waals surface area contributed by atoms with E-state index in [1.807, 2.05) is 11.8 Å². The van der Waals surface area contributed by atoms with Crippen LogP contribution < -0.4 is 0 Å². The molecule has 0 spiro atoms. The molecule has 1 fully saturated rings. The summed E-state index contributed by atoms with van der Waals surface area (Å²) in [6.45, 7) is 5.01. The summed E-state index contributed by atoms with van der Waals surface area (Å²) >= 11 is 1.88. The maximum Gasteiger partial charge on any atom is 0.169 e. The fourth-order valence-electron chi connectivity index (χ4n) is 2.60. The zero-order chi connectivity index (χ0) is 13.1. The SMILES string of the molecule is CCn1c(SCC2CCCOC2)nc2ccccc21. The van der Waals surface area contributed by atoms with Crippen LogP contribution in [0.15, 0.2) is 29.4 Å². The van der Waals surface area contributed by atoms with E-state index in [9.17, 15) is 0 Å². The van der Waals surface area contributed by atoms with Gasteiger partial charge in [0.2, 0.25) is 0 Å². The highest BCUT2D eigenvalue weighted by molar-refractivity contribution is 7.99. The quantitative estimate of drug-likeness (QED) is 0.799. The number of nitrogens with zero attached hydrogens (tertiary/aromatic N) is 2. The van der Waals surface area contributed by atoms with Crippen molar-refractivity contribution in [1.29, 1.82) is 0 Å². The minimum Gasteiger partial charge on any atom is -0.381 e. The number of rotatable bonds is 4. The highest BCUT2D eigenvalue weighted by Crippen LogP contribution is 2.27. The number of imidazole rings is 1. The first-order valence-corrected chi connectivity index (χ1v) is 8.03. The Morgan fingerprint density at radius 1 is 1.42 bits per heavy atom. The van der Waals surface area contributed by atoms with Crippen molar-refractivity contribution in [1.82, 2.24) is 9.55 Å². The van der Waals surface area contributed by atoms with Gasteiger partial charge in [-0.1, -0.05) is 23.9 Å². The van der Waals surface area contributed by atoms with Crippen LogP contribution in [0.5, 0.6) is 0 Å². The summed E-state index contributed by atoms with van der Waals surface area (Å²) in [7, 11) is 0. The van der Waals surface area contributed by atoms with E-state index in [0.29, 0.717) is 5.92 Å². The lowest BCUT2D eigenvalue weighted by Gasteiger charge is -2.21. The van der Waals surface area contributed by atoms with Crippen LogP contribution in [-0.4, -0.2) is 28.5 Å². The van der Waals surface area contributed by atoms with Gasteiger partial charge in [-0.05, 0) is 37.8 Å². The van der Waals surface area contributed by atoms with Crippen LogP contribution in [0.1, 0.15) is 19.8 Å². The molecule has 0 N–H and O–H groups in total. The molecule has 2 heterocycles. The molecule has 1 unspecified atom stereocenters. The Morgan fingerprint density at radius 3 is 3.11 bits per heavy atom. The highest BCUT2D eigenvalue weighted by Gasteiger charge is 2.16. The molecule has 0 amide bonds. The first-order chi connectivity index (χ1) is 9.38. The maximum atomic E-state index is 5.55. The van der Waals surface area contributed by atoms with E-state index >= 15 is 0 Å². The van der Waals surface area contributed by atoms with Gasteiger partial charge in [0.25, 0.3) is 0 Å². The molecule has 1 saturated heterocycles. The smallest absolute Gasteiger partial charge is 0.169 e. The average molecular weight is 276 g/mol. The van der Waals surface area contributed by atoms with Gasteiger partial charge >= 0.3 is 0 Å². The topological polar surface area (TPSA) is 27.1 Å². The number of hydrogen-bond donors (Lipinski definition) is 0. The fourth-order valence-corrected chi connectivity index (χ4v) is 3.79. The molecule has 0 radical (unpaired) electrons. The monoisotopic (exact) mass is 276 g/mol. The van der Waals surface area contributed by atoms with Gasteiger partial charge < -0.3 is 9.30 Å². The van der Waals surface area contributed by atoms with Gasteiger partial charge in [-0.15, -0.1) is 0 Å². The number of fused-ring (bicyclic) bond motifs is 1. The van der Waals surface area contributed by atoms with Crippen LogP contribution in [0, 0.1) is 5.92 Å². The zero-order valence-electron chi connectivity index (χ0n) is 11.3. The van der Waals surface area contributed by atoms with E-state index in [1.54, 1.807) is 0 Å². The first-order valence-electron chi connectivity index (χ1n) is 7.04. The van der Waals surface area contributed by atoms with Crippen LogP contribution in [0.25, 0.3) is 11.0 Å². The molecule has 1 atom stereocenters. The Balaban J connectivity index is 1.76. The molecule has 1 aromatic heterocycles. The maximum absolute atomic E-state index is 5.55. The molecule has 3 rings (SSSR count). The molecule has 3 nitrogen and oxygen atoms in total. The molecule has 1 aliphatic rings. The molecular weight excluding hydrogens is 256 g/mol. The lowest BCUT2D eigenvalue weighted by Crippen LogP contribution is -2.19. The summed E-state index contributed by atoms with van der Waals surface area (Å²) in [6, 6.07) is 8.38. The van der Waals surface area contributed by atoms with Crippen LogP contribution in [0.4, 0.5) is 0 Å². The summed E-state index contributed by atoms with van der Waals surface area (Å²) in [5.74, 6) is 1.80. The van der Waals surface area contributed by atoms with Crippen molar-refractivity contribution in [2.24, 2.45) is 5.92 Å². The van der Waals surface area contributed by atoms with Crippen LogP contribution in [0.3, 0.4) is 0 Å². The molecule has 1 aromatic carbocycles. The third kappa shape index (κ3) is 2.79. The average Bonchev–Trinajstić information content (AvgIpc) is 2.83. The number of hydrogen-bond acceptors (Lipinski definition) is 3. The lowest BCUT2D eigenvalue weighted by atomic mass is 10.1. The molecular formula is C15H20N2OS. The number of para-hydroxylation sites is 2. The Bertz CT molecular complexity index is 546. The Labute approximate surface area is 118 Å². The minimum atomic E-state index is 0.684. The third-order valence-electron chi connectivity index (χ3n) is 3.64. The lowest BCUT2D eigenvalue weighted by molar-refractivity contribution is 0.0632. The predicted octanol–water partition coefficient (Wildman–Crippen LogP) is 3.57. The van der Waals surface area contributed by atoms with Gasteiger partial charge in [0, 0.05) is 18.9 Å². The second-order valence-corrected chi connectivity index (χ2v) is 6.01. The van der Waals surface area contributed by atoms with Crippen molar-refractivity contribution >= 4 is 22.8 Å². The normalized spacial score (nSPS) is 19.9. The highest BCUT2D eigenvalue weighted by atomic mass is 32.2. The number of benzene rings is 1. The first kappa shape index (κ1) is 13.0. The second-order valence-electron chi connectivity index (χ2n) is 5.02. The second kappa shape index (κ2) is 5.97. The van der Waals surface area contributed by atoms with Gasteiger partial charge in [0.1, 0.15) is 0 Å². The largest absolute Gasteiger partial charge is 0.381 e. The van der Waals surface area contributed by atoms with Crippen molar-refractivity contribution in [3.63, 3.8) is 0 Å². The third-order valence-corrected chi connectivity index (χ3v) is 4.85. The molecule has 102 valence electrons. The molecule has 2 aromatic rings. The molecule has 4 heteroatoms. The molecule has 0 bridgehead atoms. The van der Waals surface area contributed by atoms with Crippen LogP contribution in [0.2, 0.25) is 0 Å². The summed E-state index contributed by atoms with van der Waals surface area (Å²) in [5.41, 5.74) is 2.35. The van der Waals surface area contributed by atoms with Gasteiger partial charge in [0.15, 0.2) is 5.16 Å². The zero-order valence-corrected chi connectivity index (χ0v) is 12.2. The summed E-state index contributed by atoms with van der Waals surface area (Å²) in [4.78, 5) is 4.75.